The molecule has 1 aliphatic heterocycles. The molecule has 1 amide bonds. The number of nitrogens with zero attached hydrogens (tertiary/aromatic N) is 3. The highest BCUT2D eigenvalue weighted by molar-refractivity contribution is 5.92. The Bertz CT molecular complexity index is 947. The van der Waals surface area contributed by atoms with Crippen LogP contribution in [0, 0.1) is 6.92 Å². The van der Waals surface area contributed by atoms with Crippen LogP contribution in [0.4, 0.5) is 5.69 Å². The van der Waals surface area contributed by atoms with Crippen LogP contribution >= 0.6 is 0 Å². The monoisotopic (exact) mass is 362 g/mol. The number of nitrogens with one attached hydrogen (secondary N) is 1. The minimum absolute atomic E-state index is 0.0249. The van der Waals surface area contributed by atoms with Crippen LogP contribution < -0.4 is 10.1 Å². The standard InChI is InChI=1S/C21H22N4O2/c1-15-5-4-6-18(13-15)27-14-20(26)22-17-10-8-16(9-11-17)21-24-23-19-7-2-3-12-25(19)21/h4-6,8-11,13H,2-3,7,12,14H2,1H3,(H,22,26). The summed E-state index contributed by atoms with van der Waals surface area (Å²) in [6.45, 7) is 2.93. The quantitative estimate of drug-likeness (QED) is 0.753. The van der Waals surface area contributed by atoms with E-state index in [1.54, 1.807) is 0 Å². The van der Waals surface area contributed by atoms with Crippen LogP contribution in [0.3, 0.4) is 0 Å². The first-order chi connectivity index (χ1) is 13.2. The third kappa shape index (κ3) is 4.00. The summed E-state index contributed by atoms with van der Waals surface area (Å²) in [7, 11) is 0. The van der Waals surface area contributed by atoms with E-state index in [-0.39, 0.29) is 12.5 Å². The Morgan fingerprint density at radius 3 is 2.81 bits per heavy atom. The molecule has 0 atom stereocenters. The van der Waals surface area contributed by atoms with Gasteiger partial charge in [-0.25, -0.2) is 0 Å². The molecule has 0 unspecified atom stereocenters. The molecule has 2 aromatic carbocycles. The van der Waals surface area contributed by atoms with Crippen molar-refractivity contribution >= 4 is 11.6 Å². The molecule has 1 aliphatic rings. The number of anilines is 1. The Labute approximate surface area is 158 Å². The molecule has 1 aromatic heterocycles. The first kappa shape index (κ1) is 17.3. The van der Waals surface area contributed by atoms with E-state index in [1.807, 2.05) is 55.5 Å². The molecular weight excluding hydrogens is 340 g/mol. The van der Waals surface area contributed by atoms with Crippen molar-refractivity contribution < 1.29 is 9.53 Å². The van der Waals surface area contributed by atoms with Gasteiger partial charge in [0.1, 0.15) is 11.6 Å². The number of amides is 1. The molecule has 0 spiro atoms. The van der Waals surface area contributed by atoms with Crippen molar-refractivity contribution in [3.8, 4) is 17.1 Å². The summed E-state index contributed by atoms with van der Waals surface area (Å²) >= 11 is 0. The van der Waals surface area contributed by atoms with Gasteiger partial charge in [-0.05, 0) is 61.7 Å². The largest absolute Gasteiger partial charge is 0.484 e. The fourth-order valence-corrected chi connectivity index (χ4v) is 3.28. The van der Waals surface area contributed by atoms with Gasteiger partial charge < -0.3 is 14.6 Å². The van der Waals surface area contributed by atoms with Crippen LogP contribution in [0.15, 0.2) is 48.5 Å². The van der Waals surface area contributed by atoms with Gasteiger partial charge in [0.05, 0.1) is 0 Å². The van der Waals surface area contributed by atoms with Gasteiger partial charge in [-0.2, -0.15) is 0 Å². The number of hydrogen-bond acceptors (Lipinski definition) is 4. The smallest absolute Gasteiger partial charge is 0.262 e. The van der Waals surface area contributed by atoms with E-state index >= 15 is 0 Å². The summed E-state index contributed by atoms with van der Waals surface area (Å²) in [6.07, 6.45) is 3.32. The van der Waals surface area contributed by atoms with Crippen molar-refractivity contribution in [2.75, 3.05) is 11.9 Å². The molecule has 0 aliphatic carbocycles. The van der Waals surface area contributed by atoms with Crippen molar-refractivity contribution in [2.45, 2.75) is 32.7 Å². The highest BCUT2D eigenvalue weighted by atomic mass is 16.5. The van der Waals surface area contributed by atoms with Gasteiger partial charge in [-0.15, -0.1) is 10.2 Å². The molecule has 0 bridgehead atoms. The first-order valence-electron chi connectivity index (χ1n) is 9.21. The Balaban J connectivity index is 1.38. The van der Waals surface area contributed by atoms with E-state index in [9.17, 15) is 4.79 Å². The molecule has 6 heteroatoms. The molecule has 2 heterocycles. The molecule has 3 aromatic rings. The lowest BCUT2D eigenvalue weighted by molar-refractivity contribution is -0.118. The Hall–Kier alpha value is -3.15. The highest BCUT2D eigenvalue weighted by Crippen LogP contribution is 2.24. The summed E-state index contributed by atoms with van der Waals surface area (Å²) in [6, 6.07) is 15.3. The van der Waals surface area contributed by atoms with Crippen molar-refractivity contribution in [1.82, 2.24) is 14.8 Å². The number of ether oxygens (including phenoxy) is 1. The molecule has 0 fully saturated rings. The predicted octanol–water partition coefficient (Wildman–Crippen LogP) is 3.61. The summed E-state index contributed by atoms with van der Waals surface area (Å²) in [4.78, 5) is 12.1. The average Bonchev–Trinajstić information content (AvgIpc) is 3.11. The summed E-state index contributed by atoms with van der Waals surface area (Å²) in [5.74, 6) is 2.45. The van der Waals surface area contributed by atoms with Gasteiger partial charge in [0.15, 0.2) is 12.4 Å². The van der Waals surface area contributed by atoms with Crippen molar-refractivity contribution in [2.24, 2.45) is 0 Å². The van der Waals surface area contributed by atoms with Crippen LogP contribution in [0.25, 0.3) is 11.4 Å². The van der Waals surface area contributed by atoms with Crippen LogP contribution in [0.5, 0.6) is 5.75 Å². The molecule has 6 nitrogen and oxygen atoms in total. The molecular formula is C21H22N4O2. The number of aromatic nitrogens is 3. The van der Waals surface area contributed by atoms with Gasteiger partial charge in [-0.1, -0.05) is 12.1 Å². The van der Waals surface area contributed by atoms with E-state index in [4.69, 9.17) is 4.74 Å². The zero-order chi connectivity index (χ0) is 18.6. The third-order valence-electron chi connectivity index (χ3n) is 4.65. The van der Waals surface area contributed by atoms with E-state index < -0.39 is 0 Å². The van der Waals surface area contributed by atoms with Crippen LogP contribution in [-0.4, -0.2) is 27.3 Å². The van der Waals surface area contributed by atoms with E-state index in [1.165, 1.54) is 6.42 Å². The Morgan fingerprint density at radius 2 is 2.00 bits per heavy atom. The number of carbonyl (C=O) groups is 1. The molecule has 1 N–H and O–H groups in total. The summed E-state index contributed by atoms with van der Waals surface area (Å²) in [5.41, 5.74) is 2.83. The minimum atomic E-state index is -0.191. The fraction of sp³-hybridized carbons (Fsp3) is 0.286. The van der Waals surface area contributed by atoms with E-state index in [0.29, 0.717) is 5.75 Å². The molecule has 0 radical (unpaired) electrons. The highest BCUT2D eigenvalue weighted by Gasteiger charge is 2.16. The van der Waals surface area contributed by atoms with E-state index in [0.717, 1.165) is 47.8 Å². The molecule has 0 saturated carbocycles. The number of hydrogen-bond donors (Lipinski definition) is 1. The molecule has 4 rings (SSSR count). The number of rotatable bonds is 5. The minimum Gasteiger partial charge on any atom is -0.484 e. The number of carbonyl (C=O) groups excluding carboxylic acids is 1. The van der Waals surface area contributed by atoms with Crippen molar-refractivity contribution in [1.29, 1.82) is 0 Å². The lowest BCUT2D eigenvalue weighted by atomic mass is 10.1. The predicted molar refractivity (Wildman–Crippen MR) is 104 cm³/mol. The zero-order valence-corrected chi connectivity index (χ0v) is 15.3. The second kappa shape index (κ2) is 7.61. The Morgan fingerprint density at radius 1 is 1.15 bits per heavy atom. The zero-order valence-electron chi connectivity index (χ0n) is 15.3. The fourth-order valence-electron chi connectivity index (χ4n) is 3.28. The van der Waals surface area contributed by atoms with Gasteiger partial charge >= 0.3 is 0 Å². The van der Waals surface area contributed by atoms with Gasteiger partial charge in [-0.3, -0.25) is 4.79 Å². The first-order valence-corrected chi connectivity index (χ1v) is 9.21. The maximum atomic E-state index is 12.1. The summed E-state index contributed by atoms with van der Waals surface area (Å²) in [5, 5.41) is 11.5. The van der Waals surface area contributed by atoms with Crippen molar-refractivity contribution in [3.63, 3.8) is 0 Å². The van der Waals surface area contributed by atoms with Gasteiger partial charge in [0.25, 0.3) is 5.91 Å². The van der Waals surface area contributed by atoms with Gasteiger partial charge in [0.2, 0.25) is 0 Å². The second-order valence-electron chi connectivity index (χ2n) is 6.78. The maximum Gasteiger partial charge on any atom is 0.262 e. The van der Waals surface area contributed by atoms with E-state index in [2.05, 4.69) is 20.1 Å². The molecule has 0 saturated heterocycles. The van der Waals surface area contributed by atoms with Gasteiger partial charge in [0, 0.05) is 24.2 Å². The number of fused-ring (bicyclic) bond motifs is 1. The van der Waals surface area contributed by atoms with Crippen LogP contribution in [0.2, 0.25) is 0 Å². The van der Waals surface area contributed by atoms with Crippen LogP contribution in [0.1, 0.15) is 24.2 Å². The number of aryl methyl sites for hydroxylation is 2. The van der Waals surface area contributed by atoms with Crippen molar-refractivity contribution in [3.05, 3.63) is 59.9 Å². The summed E-state index contributed by atoms with van der Waals surface area (Å²) < 4.78 is 7.72. The lowest BCUT2D eigenvalue weighted by Crippen LogP contribution is -2.20. The SMILES string of the molecule is Cc1cccc(OCC(=O)Nc2ccc(-c3nnc4n3CCCC4)cc2)c1. The number of benzene rings is 2. The molecule has 27 heavy (non-hydrogen) atoms. The van der Waals surface area contributed by atoms with Crippen LogP contribution in [-0.2, 0) is 17.8 Å². The average molecular weight is 362 g/mol. The normalized spacial score (nSPS) is 13.1. The molecule has 138 valence electrons. The topological polar surface area (TPSA) is 69.0 Å². The maximum absolute atomic E-state index is 12.1. The lowest BCUT2D eigenvalue weighted by Gasteiger charge is -2.14. The Kier molecular flexibility index (Phi) is 4.87. The second-order valence-corrected chi connectivity index (χ2v) is 6.78. The third-order valence-corrected chi connectivity index (χ3v) is 4.65.